The molecule has 36 heavy (non-hydrogen) atoms. The predicted molar refractivity (Wildman–Crippen MR) is 135 cm³/mol. The van der Waals surface area contributed by atoms with Crippen LogP contribution in [0.5, 0.6) is 0 Å². The quantitative estimate of drug-likeness (QED) is 0.505. The number of furan rings is 1. The van der Waals surface area contributed by atoms with E-state index in [1.165, 1.54) is 6.26 Å². The van der Waals surface area contributed by atoms with E-state index >= 15 is 0 Å². The minimum atomic E-state index is -0.708. The summed E-state index contributed by atoms with van der Waals surface area (Å²) in [5, 5.41) is 3.05. The minimum Gasteiger partial charge on any atom is -0.459 e. The summed E-state index contributed by atoms with van der Waals surface area (Å²) in [6.45, 7) is 1.24. The Balaban J connectivity index is 1.31. The molecule has 0 unspecified atom stereocenters. The first-order chi connectivity index (χ1) is 17.5. The number of nitrogens with zero attached hydrogens (tertiary/aromatic N) is 2. The van der Waals surface area contributed by atoms with Gasteiger partial charge in [-0.2, -0.15) is 0 Å². The van der Waals surface area contributed by atoms with Crippen LogP contribution in [0.3, 0.4) is 0 Å². The van der Waals surface area contributed by atoms with Gasteiger partial charge in [-0.05, 0) is 48.2 Å². The molecule has 1 spiro atoms. The highest BCUT2D eigenvalue weighted by Crippen LogP contribution is 2.58. The van der Waals surface area contributed by atoms with Crippen LogP contribution < -0.4 is 5.32 Å². The molecule has 0 aliphatic carbocycles. The molecule has 1 N–H and O–H groups in total. The highest BCUT2D eigenvalue weighted by atomic mass is 79.9. The maximum absolute atomic E-state index is 13.8. The van der Waals surface area contributed by atoms with E-state index in [-0.39, 0.29) is 29.5 Å². The van der Waals surface area contributed by atoms with Gasteiger partial charge in [-0.25, -0.2) is 0 Å². The second kappa shape index (κ2) is 8.92. The molecular weight excluding hydrogens is 522 g/mol. The fourth-order valence-corrected chi connectivity index (χ4v) is 6.73. The highest BCUT2D eigenvalue weighted by molar-refractivity contribution is 9.10. The molecule has 3 aliphatic rings. The Morgan fingerprint density at radius 2 is 1.81 bits per heavy atom. The molecule has 1 aromatic heterocycles. The molecule has 0 saturated carbocycles. The Hall–Kier alpha value is -3.39. The Morgan fingerprint density at radius 1 is 1.03 bits per heavy atom. The number of fused-ring (bicyclic) bond motifs is 1. The van der Waals surface area contributed by atoms with Gasteiger partial charge in [0.15, 0.2) is 5.76 Å². The molecule has 3 aromatic rings. The van der Waals surface area contributed by atoms with Crippen molar-refractivity contribution in [2.45, 2.75) is 37.5 Å². The fraction of sp³-hybridized carbons (Fsp3) is 0.321. The maximum atomic E-state index is 13.8. The van der Waals surface area contributed by atoms with Crippen LogP contribution in [0.2, 0.25) is 0 Å². The number of halogens is 1. The number of likely N-dealkylation sites (tertiary alicyclic amines) is 1. The van der Waals surface area contributed by atoms with Gasteiger partial charge in [-0.15, -0.1) is 0 Å². The topological polar surface area (TPSA) is 82.9 Å². The summed E-state index contributed by atoms with van der Waals surface area (Å²) in [7, 11) is 0. The van der Waals surface area contributed by atoms with Crippen molar-refractivity contribution in [2.75, 3.05) is 6.54 Å². The van der Waals surface area contributed by atoms with Crippen LogP contribution in [0.25, 0.3) is 0 Å². The van der Waals surface area contributed by atoms with Crippen LogP contribution in [0, 0.1) is 11.8 Å². The lowest BCUT2D eigenvalue weighted by molar-refractivity contribution is -0.138. The zero-order chi connectivity index (χ0) is 24.9. The number of amides is 3. The molecule has 2 aromatic carbocycles. The van der Waals surface area contributed by atoms with Gasteiger partial charge >= 0.3 is 0 Å². The lowest BCUT2D eigenvalue weighted by Gasteiger charge is -2.33. The van der Waals surface area contributed by atoms with Crippen molar-refractivity contribution in [2.24, 2.45) is 11.8 Å². The molecule has 3 aliphatic heterocycles. The molecule has 4 atom stereocenters. The third kappa shape index (κ3) is 3.66. The number of carbonyl (C=O) groups is 3. The molecule has 2 bridgehead atoms. The second-order valence-corrected chi connectivity index (χ2v) is 10.8. The maximum Gasteiger partial charge on any atom is 0.290 e. The van der Waals surface area contributed by atoms with Crippen LogP contribution in [-0.2, 0) is 22.7 Å². The summed E-state index contributed by atoms with van der Waals surface area (Å²) in [5.74, 6) is -1.40. The average Bonchev–Trinajstić information content (AvgIpc) is 3.65. The van der Waals surface area contributed by atoms with Crippen LogP contribution in [-0.4, -0.2) is 45.6 Å². The second-order valence-electron chi connectivity index (χ2n) is 9.89. The monoisotopic (exact) mass is 547 g/mol. The Morgan fingerprint density at radius 3 is 2.53 bits per heavy atom. The Kier molecular flexibility index (Phi) is 5.71. The number of nitrogens with one attached hydrogen (secondary N) is 1. The molecule has 3 fully saturated rings. The van der Waals surface area contributed by atoms with Crippen LogP contribution >= 0.6 is 15.9 Å². The van der Waals surface area contributed by atoms with Crippen molar-refractivity contribution in [3.63, 3.8) is 0 Å². The smallest absolute Gasteiger partial charge is 0.290 e. The third-order valence-electron chi connectivity index (χ3n) is 7.93. The number of hydrogen-bond acceptors (Lipinski definition) is 4. The fourth-order valence-electron chi connectivity index (χ4n) is 6.47. The number of benzene rings is 2. The third-order valence-corrected chi connectivity index (χ3v) is 8.46. The zero-order valence-electron chi connectivity index (χ0n) is 19.6. The number of rotatable bonds is 6. The lowest BCUT2D eigenvalue weighted by atomic mass is 9.72. The molecule has 3 amide bonds. The van der Waals surface area contributed by atoms with E-state index in [2.05, 4.69) is 21.2 Å². The van der Waals surface area contributed by atoms with E-state index in [1.807, 2.05) is 64.4 Å². The predicted octanol–water partition coefficient (Wildman–Crippen LogP) is 3.99. The molecule has 184 valence electrons. The van der Waals surface area contributed by atoms with E-state index in [4.69, 9.17) is 4.42 Å². The van der Waals surface area contributed by atoms with Gasteiger partial charge in [0.25, 0.3) is 5.91 Å². The van der Waals surface area contributed by atoms with E-state index < -0.39 is 17.4 Å². The first kappa shape index (κ1) is 23.0. The van der Waals surface area contributed by atoms with Crippen LogP contribution in [0.15, 0.2) is 81.9 Å². The average molecular weight is 548 g/mol. The summed E-state index contributed by atoms with van der Waals surface area (Å²) >= 11 is 3.43. The molecule has 7 nitrogen and oxygen atoms in total. The van der Waals surface area contributed by atoms with Crippen LogP contribution in [0.1, 0.15) is 34.5 Å². The van der Waals surface area contributed by atoms with Gasteiger partial charge in [0.1, 0.15) is 0 Å². The molecule has 4 heterocycles. The van der Waals surface area contributed by atoms with E-state index in [0.29, 0.717) is 32.5 Å². The standard InChI is InChI=1S/C28H26BrN3O4/c29-20-10-8-18(9-11-20)15-30-25(33)23-21-12-13-28(32(21)26(34)22-7-4-14-36-22)17-31(27(35)24(23)28)16-19-5-2-1-3-6-19/h1-11,14,21,23-24H,12-13,15-17H2,(H,30,33)/t21-,23+,24+,28-/m0/s1. The normalized spacial score (nSPS) is 26.4. The number of carbonyl (C=O) groups excluding carboxylic acids is 3. The van der Waals surface area contributed by atoms with Gasteiger partial charge in [-0.3, -0.25) is 14.4 Å². The minimum absolute atomic E-state index is 0.0536. The van der Waals surface area contributed by atoms with Crippen molar-refractivity contribution in [1.82, 2.24) is 15.1 Å². The number of hydrogen-bond donors (Lipinski definition) is 1. The van der Waals surface area contributed by atoms with Crippen molar-refractivity contribution in [3.05, 3.63) is 94.4 Å². The van der Waals surface area contributed by atoms with Crippen LogP contribution in [0.4, 0.5) is 0 Å². The van der Waals surface area contributed by atoms with E-state index in [9.17, 15) is 14.4 Å². The highest BCUT2D eigenvalue weighted by Gasteiger charge is 2.72. The van der Waals surface area contributed by atoms with E-state index in [0.717, 1.165) is 15.6 Å². The van der Waals surface area contributed by atoms with Crippen molar-refractivity contribution in [1.29, 1.82) is 0 Å². The van der Waals surface area contributed by atoms with Gasteiger partial charge in [0.05, 0.1) is 23.6 Å². The van der Waals surface area contributed by atoms with Crippen molar-refractivity contribution >= 4 is 33.7 Å². The first-order valence-electron chi connectivity index (χ1n) is 12.2. The van der Waals surface area contributed by atoms with Gasteiger partial charge in [0, 0.05) is 30.1 Å². The van der Waals surface area contributed by atoms with E-state index in [1.54, 1.807) is 12.1 Å². The summed E-state index contributed by atoms with van der Waals surface area (Å²) in [4.78, 5) is 44.7. The molecule has 3 saturated heterocycles. The zero-order valence-corrected chi connectivity index (χ0v) is 21.2. The summed E-state index contributed by atoms with van der Waals surface area (Å²) in [5.41, 5.74) is 1.29. The largest absolute Gasteiger partial charge is 0.459 e. The Bertz CT molecular complexity index is 1290. The van der Waals surface area contributed by atoms with Crippen molar-refractivity contribution in [3.8, 4) is 0 Å². The lowest BCUT2D eigenvalue weighted by Crippen LogP contribution is -2.49. The molecule has 8 heteroatoms. The van der Waals surface area contributed by atoms with Gasteiger partial charge in [-0.1, -0.05) is 58.4 Å². The summed E-state index contributed by atoms with van der Waals surface area (Å²) in [6.07, 6.45) is 2.86. The molecular formula is C28H26BrN3O4. The first-order valence-corrected chi connectivity index (χ1v) is 13.0. The summed E-state index contributed by atoms with van der Waals surface area (Å²) in [6, 6.07) is 20.6. The van der Waals surface area contributed by atoms with Gasteiger partial charge < -0.3 is 19.5 Å². The van der Waals surface area contributed by atoms with Gasteiger partial charge in [0.2, 0.25) is 11.8 Å². The molecule has 6 rings (SSSR count). The summed E-state index contributed by atoms with van der Waals surface area (Å²) < 4.78 is 6.41. The van der Waals surface area contributed by atoms with Crippen molar-refractivity contribution < 1.29 is 18.8 Å². The Labute approximate surface area is 217 Å². The SMILES string of the molecule is O=C(NCc1ccc(Br)cc1)[C@@H]1[C@@H]2CC[C@@]3(CN(Cc4ccccc4)C(=O)[C@@H]13)N2C(=O)c1ccco1. The molecule has 0 radical (unpaired) electrons.